The molecule has 82 valence electrons. The minimum Gasteiger partial charge on any atom is -0.276 e. The Morgan fingerprint density at radius 2 is 1.80 bits per heavy atom. The second-order valence-corrected chi connectivity index (χ2v) is 3.28. The molecular weight excluding hydrogens is 259 g/mol. The van der Waals surface area contributed by atoms with E-state index in [9.17, 15) is 22.4 Å². The van der Waals surface area contributed by atoms with Crippen molar-refractivity contribution in [1.29, 1.82) is 0 Å². The molecule has 1 aromatic rings. The van der Waals surface area contributed by atoms with E-state index in [1.165, 1.54) is 0 Å². The summed E-state index contributed by atoms with van der Waals surface area (Å²) < 4.78 is 49.7. The molecule has 0 bridgehead atoms. The van der Waals surface area contributed by atoms with Gasteiger partial charge in [0.1, 0.15) is 11.4 Å². The standard InChI is InChI=1S/C8H2Cl2F4O/c9-6-3(7(10)15)1-2-4(11)5(6)8(12,13)14/h1-2H. The van der Waals surface area contributed by atoms with E-state index in [1.807, 2.05) is 0 Å². The third-order valence-electron chi connectivity index (χ3n) is 1.59. The average Bonchev–Trinajstić information content (AvgIpc) is 2.00. The lowest BCUT2D eigenvalue weighted by Gasteiger charge is -2.11. The SMILES string of the molecule is O=C(Cl)c1ccc(F)c(C(F)(F)F)c1Cl. The molecule has 0 aliphatic carbocycles. The van der Waals surface area contributed by atoms with E-state index in [2.05, 4.69) is 0 Å². The van der Waals surface area contributed by atoms with Crippen molar-refractivity contribution < 1.29 is 22.4 Å². The van der Waals surface area contributed by atoms with E-state index in [-0.39, 0.29) is 0 Å². The lowest BCUT2D eigenvalue weighted by molar-refractivity contribution is -0.139. The monoisotopic (exact) mass is 260 g/mol. The molecule has 0 aliphatic rings. The number of carbonyl (C=O) groups is 1. The first-order valence-electron chi connectivity index (χ1n) is 3.50. The fraction of sp³-hybridized carbons (Fsp3) is 0.125. The summed E-state index contributed by atoms with van der Waals surface area (Å²) in [7, 11) is 0. The van der Waals surface area contributed by atoms with E-state index in [4.69, 9.17) is 23.2 Å². The molecule has 0 saturated carbocycles. The minimum absolute atomic E-state index is 0.490. The van der Waals surface area contributed by atoms with Crippen LogP contribution in [-0.4, -0.2) is 5.24 Å². The molecule has 0 saturated heterocycles. The van der Waals surface area contributed by atoms with Crippen LogP contribution in [0.25, 0.3) is 0 Å². The van der Waals surface area contributed by atoms with Crippen LogP contribution in [0, 0.1) is 5.82 Å². The van der Waals surface area contributed by atoms with Gasteiger partial charge in [0.15, 0.2) is 0 Å². The maximum Gasteiger partial charge on any atom is 0.420 e. The summed E-state index contributed by atoms with van der Waals surface area (Å²) in [6.07, 6.45) is -4.97. The quantitative estimate of drug-likeness (QED) is 0.553. The van der Waals surface area contributed by atoms with Gasteiger partial charge >= 0.3 is 6.18 Å². The van der Waals surface area contributed by atoms with Crippen LogP contribution >= 0.6 is 23.2 Å². The van der Waals surface area contributed by atoms with Crippen LogP contribution in [0.15, 0.2) is 12.1 Å². The molecule has 0 aliphatic heterocycles. The second-order valence-electron chi connectivity index (χ2n) is 2.56. The summed E-state index contributed by atoms with van der Waals surface area (Å²) in [6, 6.07) is 1.28. The van der Waals surface area contributed by atoms with Crippen LogP contribution < -0.4 is 0 Å². The smallest absolute Gasteiger partial charge is 0.276 e. The molecule has 0 fully saturated rings. The van der Waals surface area contributed by atoms with E-state index in [0.29, 0.717) is 6.07 Å². The lowest BCUT2D eigenvalue weighted by atomic mass is 10.1. The predicted molar refractivity (Wildman–Crippen MR) is 46.6 cm³/mol. The lowest BCUT2D eigenvalue weighted by Crippen LogP contribution is -2.11. The number of halogens is 6. The molecule has 0 spiro atoms. The Hall–Kier alpha value is -0.810. The Morgan fingerprint density at radius 1 is 1.27 bits per heavy atom. The van der Waals surface area contributed by atoms with Crippen molar-refractivity contribution in [2.75, 3.05) is 0 Å². The average molecular weight is 261 g/mol. The van der Waals surface area contributed by atoms with Gasteiger partial charge in [0.25, 0.3) is 5.24 Å². The molecule has 15 heavy (non-hydrogen) atoms. The predicted octanol–water partition coefficient (Wildman–Crippen LogP) is 3.88. The fourth-order valence-electron chi connectivity index (χ4n) is 0.964. The Kier molecular flexibility index (Phi) is 3.25. The van der Waals surface area contributed by atoms with Gasteiger partial charge in [-0.3, -0.25) is 4.79 Å². The van der Waals surface area contributed by atoms with E-state index in [1.54, 1.807) is 0 Å². The van der Waals surface area contributed by atoms with Crippen LogP contribution in [0.3, 0.4) is 0 Å². The highest BCUT2D eigenvalue weighted by molar-refractivity contribution is 6.68. The van der Waals surface area contributed by atoms with Gasteiger partial charge in [0.2, 0.25) is 0 Å². The molecule has 0 radical (unpaired) electrons. The molecule has 7 heteroatoms. The third kappa shape index (κ3) is 2.41. The summed E-state index contributed by atoms with van der Waals surface area (Å²) in [5, 5.41) is -2.20. The zero-order chi connectivity index (χ0) is 11.8. The Bertz CT molecular complexity index is 414. The van der Waals surface area contributed by atoms with Crippen LogP contribution in [0.5, 0.6) is 0 Å². The van der Waals surface area contributed by atoms with Gasteiger partial charge in [-0.15, -0.1) is 0 Å². The van der Waals surface area contributed by atoms with Gasteiger partial charge in [0, 0.05) is 0 Å². The number of hydrogen-bond acceptors (Lipinski definition) is 1. The highest BCUT2D eigenvalue weighted by atomic mass is 35.5. The number of benzene rings is 1. The third-order valence-corrected chi connectivity index (χ3v) is 2.18. The van der Waals surface area contributed by atoms with Crippen molar-refractivity contribution in [3.8, 4) is 0 Å². The molecule has 1 aromatic carbocycles. The number of rotatable bonds is 1. The Balaban J connectivity index is 3.51. The zero-order valence-electron chi connectivity index (χ0n) is 6.83. The zero-order valence-corrected chi connectivity index (χ0v) is 8.34. The summed E-state index contributed by atoms with van der Waals surface area (Å²) in [5.41, 5.74) is -2.26. The van der Waals surface area contributed by atoms with Gasteiger partial charge in [-0.25, -0.2) is 4.39 Å². The molecule has 0 unspecified atom stereocenters. The molecule has 0 atom stereocenters. The topological polar surface area (TPSA) is 17.1 Å². The molecule has 0 heterocycles. The van der Waals surface area contributed by atoms with Crippen molar-refractivity contribution >= 4 is 28.4 Å². The summed E-state index contributed by atoms with van der Waals surface area (Å²) >= 11 is 10.2. The first-order valence-corrected chi connectivity index (χ1v) is 4.25. The Labute approximate surface area is 91.6 Å². The molecule has 1 nitrogen and oxygen atoms in total. The molecule has 0 aromatic heterocycles. The molecule has 0 N–H and O–H groups in total. The maximum absolute atomic E-state index is 12.8. The van der Waals surface area contributed by atoms with E-state index in [0.717, 1.165) is 6.07 Å². The van der Waals surface area contributed by atoms with Crippen LogP contribution in [0.1, 0.15) is 15.9 Å². The van der Waals surface area contributed by atoms with E-state index < -0.39 is 33.4 Å². The summed E-state index contributed by atoms with van der Waals surface area (Å²) in [6.45, 7) is 0. The van der Waals surface area contributed by atoms with Crippen LogP contribution in [0.4, 0.5) is 17.6 Å². The summed E-state index contributed by atoms with van der Waals surface area (Å²) in [4.78, 5) is 10.6. The first-order chi connectivity index (χ1) is 6.75. The minimum atomic E-state index is -4.97. The summed E-state index contributed by atoms with van der Waals surface area (Å²) in [5.74, 6) is -1.55. The van der Waals surface area contributed by atoms with Crippen molar-refractivity contribution in [3.63, 3.8) is 0 Å². The van der Waals surface area contributed by atoms with Crippen LogP contribution in [0.2, 0.25) is 5.02 Å². The fourth-order valence-corrected chi connectivity index (χ4v) is 1.52. The van der Waals surface area contributed by atoms with Gasteiger partial charge < -0.3 is 0 Å². The molecular formula is C8H2Cl2F4O. The maximum atomic E-state index is 12.8. The van der Waals surface area contributed by atoms with E-state index >= 15 is 0 Å². The van der Waals surface area contributed by atoms with Gasteiger partial charge in [-0.05, 0) is 23.7 Å². The second kappa shape index (κ2) is 3.98. The van der Waals surface area contributed by atoms with Gasteiger partial charge in [0.05, 0.1) is 10.6 Å². The Morgan fingerprint density at radius 3 is 2.20 bits per heavy atom. The molecule has 0 amide bonds. The van der Waals surface area contributed by atoms with Gasteiger partial charge in [-0.1, -0.05) is 11.6 Å². The first kappa shape index (κ1) is 12.3. The highest BCUT2D eigenvalue weighted by Crippen LogP contribution is 2.38. The van der Waals surface area contributed by atoms with Crippen LogP contribution in [-0.2, 0) is 6.18 Å². The number of alkyl halides is 3. The number of hydrogen-bond donors (Lipinski definition) is 0. The van der Waals surface area contributed by atoms with Crippen molar-refractivity contribution in [3.05, 3.63) is 34.1 Å². The highest BCUT2D eigenvalue weighted by Gasteiger charge is 2.38. The number of carbonyl (C=O) groups excluding carboxylic acids is 1. The molecule has 1 rings (SSSR count). The van der Waals surface area contributed by atoms with Gasteiger partial charge in [-0.2, -0.15) is 13.2 Å². The normalized spacial score (nSPS) is 11.6. The largest absolute Gasteiger partial charge is 0.420 e. The van der Waals surface area contributed by atoms with Crippen molar-refractivity contribution in [1.82, 2.24) is 0 Å². The van der Waals surface area contributed by atoms with Crippen molar-refractivity contribution in [2.24, 2.45) is 0 Å². The van der Waals surface area contributed by atoms with Crippen molar-refractivity contribution in [2.45, 2.75) is 6.18 Å².